The van der Waals surface area contributed by atoms with Crippen molar-refractivity contribution in [1.82, 2.24) is 0 Å². The number of carbonyl (C=O) groups excluding carboxylic acids is 1. The van der Waals surface area contributed by atoms with Crippen LogP contribution in [0, 0.1) is 0 Å². The maximum atomic E-state index is 10.8. The molecule has 0 amide bonds. The predicted molar refractivity (Wildman–Crippen MR) is 78.9 cm³/mol. The van der Waals surface area contributed by atoms with Gasteiger partial charge in [-0.1, -0.05) is 0 Å². The minimum Gasteiger partial charge on any atom is -0.395 e. The Morgan fingerprint density at radius 1 is 1.35 bits per heavy atom. The summed E-state index contributed by atoms with van der Waals surface area (Å²) >= 11 is 0. The molecule has 0 unspecified atom stereocenters. The Morgan fingerprint density at radius 2 is 2.05 bits per heavy atom. The second-order valence-electron chi connectivity index (χ2n) is 4.70. The van der Waals surface area contributed by atoms with Crippen molar-refractivity contribution in [1.29, 1.82) is 0 Å². The Balaban J connectivity index is 2.32. The molecule has 0 atom stereocenters. The molecule has 0 bridgehead atoms. The summed E-state index contributed by atoms with van der Waals surface area (Å²) in [7, 11) is 1.91. The van der Waals surface area contributed by atoms with E-state index in [2.05, 4.69) is 5.32 Å². The normalized spacial score (nSPS) is 13.6. The highest BCUT2D eigenvalue weighted by Gasteiger charge is 2.18. The first-order valence-corrected chi connectivity index (χ1v) is 6.52. The van der Waals surface area contributed by atoms with E-state index in [1.807, 2.05) is 41.0 Å². The highest BCUT2D eigenvalue weighted by Crippen LogP contribution is 2.34. The van der Waals surface area contributed by atoms with E-state index >= 15 is 0 Å². The lowest BCUT2D eigenvalue weighted by Crippen LogP contribution is -2.31. The number of aliphatic hydroxyl groups is 2. The Hall–Kier alpha value is -2.01. The van der Waals surface area contributed by atoms with Crippen molar-refractivity contribution in [3.63, 3.8) is 0 Å². The number of benzene rings is 1. The number of aliphatic hydroxyl groups excluding tert-OH is 2. The van der Waals surface area contributed by atoms with E-state index in [0.717, 1.165) is 17.1 Å². The summed E-state index contributed by atoms with van der Waals surface area (Å²) in [4.78, 5) is 14.7. The molecule has 1 heterocycles. The molecule has 3 N–H and O–H groups in total. The van der Waals surface area contributed by atoms with E-state index in [9.17, 15) is 4.79 Å². The van der Waals surface area contributed by atoms with Gasteiger partial charge in [-0.05, 0) is 18.2 Å². The second-order valence-corrected chi connectivity index (χ2v) is 4.70. The Labute approximate surface area is 117 Å². The molecule has 1 aliphatic rings. The largest absolute Gasteiger partial charge is 0.395 e. The average molecular weight is 277 g/mol. The van der Waals surface area contributed by atoms with Gasteiger partial charge < -0.3 is 25.3 Å². The third-order valence-electron chi connectivity index (χ3n) is 3.30. The van der Waals surface area contributed by atoms with Crippen LogP contribution in [0.5, 0.6) is 0 Å². The van der Waals surface area contributed by atoms with Crippen molar-refractivity contribution in [3.8, 4) is 0 Å². The van der Waals surface area contributed by atoms with Gasteiger partial charge in [-0.2, -0.15) is 0 Å². The number of nitrogens with one attached hydrogen (secondary N) is 1. The first-order chi connectivity index (χ1) is 9.69. The minimum atomic E-state index is 0.0178. The number of hydrogen-bond donors (Lipinski definition) is 3. The standard InChI is InChI=1S/C14H19N3O3/c1-16-9-11(10-20)15-13-8-12(2-3-14(13)16)17(4-6-18)5-7-19/h2-3,8,15,18-19H,4-7,9H2,1H3. The van der Waals surface area contributed by atoms with E-state index in [1.54, 1.807) is 0 Å². The maximum absolute atomic E-state index is 10.8. The van der Waals surface area contributed by atoms with Gasteiger partial charge in [0.05, 0.1) is 31.1 Å². The van der Waals surface area contributed by atoms with E-state index in [-0.39, 0.29) is 13.2 Å². The van der Waals surface area contributed by atoms with Crippen LogP contribution in [0.1, 0.15) is 0 Å². The first kappa shape index (κ1) is 14.4. The topological polar surface area (TPSA) is 76.0 Å². The number of likely N-dealkylation sites (N-methyl/N-ethyl adjacent to an activating group) is 1. The van der Waals surface area contributed by atoms with Crippen LogP contribution in [0.2, 0.25) is 0 Å². The fourth-order valence-corrected chi connectivity index (χ4v) is 2.35. The fourth-order valence-electron chi connectivity index (χ4n) is 2.35. The number of nitrogens with zero attached hydrogens (tertiary/aromatic N) is 2. The number of anilines is 3. The molecule has 6 heteroatoms. The molecule has 0 radical (unpaired) electrons. The van der Waals surface area contributed by atoms with Gasteiger partial charge in [0.25, 0.3) is 0 Å². The van der Waals surface area contributed by atoms with Crippen LogP contribution >= 0.6 is 0 Å². The third-order valence-corrected chi connectivity index (χ3v) is 3.30. The Bertz CT molecular complexity index is 520. The van der Waals surface area contributed by atoms with Crippen molar-refractivity contribution in [2.75, 3.05) is 55.0 Å². The highest BCUT2D eigenvalue weighted by atomic mass is 16.3. The summed E-state index contributed by atoms with van der Waals surface area (Å²) < 4.78 is 0. The second kappa shape index (κ2) is 6.43. The van der Waals surface area contributed by atoms with Crippen molar-refractivity contribution < 1.29 is 15.0 Å². The van der Waals surface area contributed by atoms with E-state index in [0.29, 0.717) is 25.3 Å². The number of fused-ring (bicyclic) bond motifs is 1. The fraction of sp³-hybridized carbons (Fsp3) is 0.429. The zero-order valence-corrected chi connectivity index (χ0v) is 11.5. The molecule has 1 aromatic carbocycles. The molecule has 0 aliphatic carbocycles. The smallest absolute Gasteiger partial charge is 0.147 e. The van der Waals surface area contributed by atoms with Crippen LogP contribution in [0.25, 0.3) is 0 Å². The lowest BCUT2D eigenvalue weighted by Gasteiger charge is -2.31. The van der Waals surface area contributed by atoms with E-state index in [4.69, 9.17) is 10.2 Å². The molecule has 0 aromatic heterocycles. The van der Waals surface area contributed by atoms with Gasteiger partial charge >= 0.3 is 0 Å². The van der Waals surface area contributed by atoms with Crippen LogP contribution in [0.15, 0.2) is 23.9 Å². The lowest BCUT2D eigenvalue weighted by atomic mass is 10.1. The summed E-state index contributed by atoms with van der Waals surface area (Å²) in [6, 6.07) is 5.81. The quantitative estimate of drug-likeness (QED) is 0.661. The van der Waals surface area contributed by atoms with Gasteiger partial charge in [0.2, 0.25) is 0 Å². The highest BCUT2D eigenvalue weighted by molar-refractivity contribution is 5.82. The number of hydrogen-bond acceptors (Lipinski definition) is 6. The molecule has 20 heavy (non-hydrogen) atoms. The maximum Gasteiger partial charge on any atom is 0.147 e. The van der Waals surface area contributed by atoms with Gasteiger partial charge in [-0.15, -0.1) is 0 Å². The van der Waals surface area contributed by atoms with Crippen LogP contribution in [-0.4, -0.2) is 56.1 Å². The predicted octanol–water partition coefficient (Wildman–Crippen LogP) is 0.0548. The van der Waals surface area contributed by atoms with Crippen molar-refractivity contribution in [2.45, 2.75) is 0 Å². The molecule has 2 rings (SSSR count). The molecule has 6 nitrogen and oxygen atoms in total. The van der Waals surface area contributed by atoms with Gasteiger partial charge in [0.15, 0.2) is 0 Å². The van der Waals surface area contributed by atoms with Gasteiger partial charge in [0, 0.05) is 25.8 Å². The Morgan fingerprint density at radius 3 is 2.65 bits per heavy atom. The van der Waals surface area contributed by atoms with Gasteiger partial charge in [-0.3, -0.25) is 0 Å². The molecule has 0 fully saturated rings. The van der Waals surface area contributed by atoms with Crippen molar-refractivity contribution >= 4 is 23.0 Å². The molecule has 0 saturated carbocycles. The van der Waals surface area contributed by atoms with Crippen LogP contribution < -0.4 is 15.1 Å². The third kappa shape index (κ3) is 2.93. The minimum absolute atomic E-state index is 0.0178. The summed E-state index contributed by atoms with van der Waals surface area (Å²) in [5.41, 5.74) is 3.21. The summed E-state index contributed by atoms with van der Waals surface area (Å²) in [6.45, 7) is 1.44. The zero-order chi connectivity index (χ0) is 14.5. The SMILES string of the molecule is CN1CC(=C=O)Nc2cc(N(CCO)CCO)ccc21. The molecule has 1 aliphatic heterocycles. The first-order valence-electron chi connectivity index (χ1n) is 6.52. The van der Waals surface area contributed by atoms with Crippen molar-refractivity contribution in [2.24, 2.45) is 0 Å². The van der Waals surface area contributed by atoms with E-state index < -0.39 is 0 Å². The summed E-state index contributed by atoms with van der Waals surface area (Å²) in [5, 5.41) is 21.2. The lowest BCUT2D eigenvalue weighted by molar-refractivity contribution is 0.281. The molecule has 0 spiro atoms. The van der Waals surface area contributed by atoms with Gasteiger partial charge in [-0.25, -0.2) is 4.79 Å². The molecular weight excluding hydrogens is 258 g/mol. The Kier molecular flexibility index (Phi) is 4.63. The number of rotatable bonds is 5. The van der Waals surface area contributed by atoms with Crippen molar-refractivity contribution in [3.05, 3.63) is 23.9 Å². The van der Waals surface area contributed by atoms with Crippen LogP contribution in [-0.2, 0) is 4.79 Å². The molecule has 1 aromatic rings. The van der Waals surface area contributed by atoms with E-state index in [1.165, 1.54) is 0 Å². The average Bonchev–Trinajstić information content (AvgIpc) is 2.46. The molecule has 0 saturated heterocycles. The summed E-state index contributed by atoms with van der Waals surface area (Å²) in [5.74, 6) is 1.89. The molecular formula is C14H19N3O3. The molecule has 108 valence electrons. The summed E-state index contributed by atoms with van der Waals surface area (Å²) in [6.07, 6.45) is 0. The monoisotopic (exact) mass is 277 g/mol. The van der Waals surface area contributed by atoms with Crippen LogP contribution in [0.3, 0.4) is 0 Å². The zero-order valence-electron chi connectivity index (χ0n) is 11.5. The van der Waals surface area contributed by atoms with Crippen LogP contribution in [0.4, 0.5) is 17.1 Å². The van der Waals surface area contributed by atoms with Gasteiger partial charge in [0.1, 0.15) is 11.6 Å².